The minimum absolute atomic E-state index is 0.228. The third-order valence-corrected chi connectivity index (χ3v) is 2.95. The van der Waals surface area contributed by atoms with Crippen molar-refractivity contribution in [2.24, 2.45) is 0 Å². The van der Waals surface area contributed by atoms with Crippen LogP contribution in [0.5, 0.6) is 0 Å². The summed E-state index contributed by atoms with van der Waals surface area (Å²) in [6.45, 7) is 4.12. The second-order valence-electron chi connectivity index (χ2n) is 4.20. The summed E-state index contributed by atoms with van der Waals surface area (Å²) in [5.41, 5.74) is 1.86. The molecule has 0 saturated carbocycles. The fraction of sp³-hybridized carbons (Fsp3) is 0.357. The van der Waals surface area contributed by atoms with E-state index in [1.165, 1.54) is 0 Å². The third kappa shape index (κ3) is 1.87. The molecule has 1 aromatic heterocycles. The summed E-state index contributed by atoms with van der Waals surface area (Å²) in [4.78, 5) is 15.2. The summed E-state index contributed by atoms with van der Waals surface area (Å²) in [5.74, 6) is 0.228. The number of benzene rings is 1. The molecular formula is C14H17NO. The van der Waals surface area contributed by atoms with Gasteiger partial charge in [-0.3, -0.25) is 4.79 Å². The molecule has 1 N–H and O–H groups in total. The molecule has 0 saturated heterocycles. The lowest BCUT2D eigenvalue weighted by Crippen LogP contribution is -1.99. The molecule has 0 aliphatic rings. The largest absolute Gasteiger partial charge is 0.355 e. The van der Waals surface area contributed by atoms with E-state index < -0.39 is 0 Å². The molecule has 2 nitrogen and oxygen atoms in total. The zero-order valence-corrected chi connectivity index (χ0v) is 9.84. The first kappa shape index (κ1) is 10.9. The van der Waals surface area contributed by atoms with Crippen molar-refractivity contribution in [3.05, 3.63) is 35.7 Å². The predicted molar refractivity (Wildman–Crippen MR) is 66.9 cm³/mol. The Morgan fingerprint density at radius 3 is 2.62 bits per heavy atom. The lowest BCUT2D eigenvalue weighted by molar-refractivity contribution is 0.0977. The van der Waals surface area contributed by atoms with Gasteiger partial charge >= 0.3 is 0 Å². The topological polar surface area (TPSA) is 32.9 Å². The second-order valence-corrected chi connectivity index (χ2v) is 4.20. The van der Waals surface area contributed by atoms with Crippen molar-refractivity contribution in [3.63, 3.8) is 0 Å². The van der Waals surface area contributed by atoms with Crippen molar-refractivity contribution in [2.45, 2.75) is 33.1 Å². The Balaban J connectivity index is 2.41. The monoisotopic (exact) mass is 215 g/mol. The molecule has 1 heterocycles. The minimum atomic E-state index is 0.228. The van der Waals surface area contributed by atoms with Gasteiger partial charge in [-0.15, -0.1) is 0 Å². The van der Waals surface area contributed by atoms with Crippen LogP contribution >= 0.6 is 0 Å². The first-order valence-corrected chi connectivity index (χ1v) is 5.84. The van der Waals surface area contributed by atoms with Crippen LogP contribution in [0.2, 0.25) is 0 Å². The standard InChI is InChI=1S/C14H17NO/c1-3-4-9-13(16)14-12-8-6-5-7-11(12)10(2)15-14/h5-8,15H,3-4,9H2,1-2H3. The first-order valence-electron chi connectivity index (χ1n) is 5.84. The molecular weight excluding hydrogens is 198 g/mol. The third-order valence-electron chi connectivity index (χ3n) is 2.95. The summed E-state index contributed by atoms with van der Waals surface area (Å²) in [6, 6.07) is 8.05. The molecule has 2 rings (SSSR count). The maximum Gasteiger partial charge on any atom is 0.179 e. The van der Waals surface area contributed by atoms with E-state index >= 15 is 0 Å². The summed E-state index contributed by atoms with van der Waals surface area (Å²) in [7, 11) is 0. The number of hydrogen-bond acceptors (Lipinski definition) is 1. The Morgan fingerprint density at radius 2 is 1.94 bits per heavy atom. The highest BCUT2D eigenvalue weighted by atomic mass is 16.1. The van der Waals surface area contributed by atoms with Crippen LogP contribution in [-0.2, 0) is 0 Å². The summed E-state index contributed by atoms with van der Waals surface area (Å²) in [5, 5.41) is 2.21. The molecule has 0 fully saturated rings. The maximum atomic E-state index is 12.0. The van der Waals surface area contributed by atoms with E-state index in [0.717, 1.165) is 35.0 Å². The molecule has 84 valence electrons. The Bertz CT molecular complexity index is 510. The van der Waals surface area contributed by atoms with Crippen molar-refractivity contribution >= 4 is 16.6 Å². The zero-order chi connectivity index (χ0) is 11.5. The van der Waals surface area contributed by atoms with Crippen LogP contribution in [0.3, 0.4) is 0 Å². The van der Waals surface area contributed by atoms with Crippen molar-refractivity contribution in [2.75, 3.05) is 0 Å². The average Bonchev–Trinajstić information content (AvgIpc) is 2.65. The Hall–Kier alpha value is -1.57. The number of aromatic amines is 1. The van der Waals surface area contributed by atoms with Crippen molar-refractivity contribution < 1.29 is 4.79 Å². The molecule has 0 unspecified atom stereocenters. The van der Waals surface area contributed by atoms with Gasteiger partial charge in [0, 0.05) is 22.9 Å². The van der Waals surface area contributed by atoms with Gasteiger partial charge in [0.25, 0.3) is 0 Å². The number of unbranched alkanes of at least 4 members (excludes halogenated alkanes) is 1. The van der Waals surface area contributed by atoms with Gasteiger partial charge in [-0.05, 0) is 13.3 Å². The van der Waals surface area contributed by atoms with E-state index in [1.54, 1.807) is 0 Å². The SMILES string of the molecule is CCCCC(=O)c1[nH]c(C)c2ccccc12. The van der Waals surface area contributed by atoms with E-state index in [4.69, 9.17) is 0 Å². The lowest BCUT2D eigenvalue weighted by atomic mass is 10.1. The molecule has 0 aliphatic carbocycles. The molecule has 0 aliphatic heterocycles. The second kappa shape index (κ2) is 4.52. The number of carbonyl (C=O) groups excluding carboxylic acids is 1. The van der Waals surface area contributed by atoms with E-state index in [2.05, 4.69) is 18.0 Å². The normalized spacial score (nSPS) is 10.9. The summed E-state index contributed by atoms with van der Waals surface area (Å²) >= 11 is 0. The Morgan fingerprint density at radius 1 is 1.25 bits per heavy atom. The number of hydrogen-bond donors (Lipinski definition) is 1. The number of H-pyrrole nitrogens is 1. The quantitative estimate of drug-likeness (QED) is 0.772. The highest BCUT2D eigenvalue weighted by Crippen LogP contribution is 2.23. The molecule has 0 atom stereocenters. The summed E-state index contributed by atoms with van der Waals surface area (Å²) in [6.07, 6.45) is 2.66. The predicted octanol–water partition coefficient (Wildman–Crippen LogP) is 3.85. The van der Waals surface area contributed by atoms with Gasteiger partial charge in [0.15, 0.2) is 5.78 Å². The van der Waals surface area contributed by atoms with Gasteiger partial charge < -0.3 is 4.98 Å². The van der Waals surface area contributed by atoms with Crippen molar-refractivity contribution in [3.8, 4) is 0 Å². The number of Topliss-reactive ketones (excluding diaryl/α,β-unsaturated/α-hetero) is 1. The maximum absolute atomic E-state index is 12.0. The van der Waals surface area contributed by atoms with Gasteiger partial charge in [-0.25, -0.2) is 0 Å². The average molecular weight is 215 g/mol. The molecule has 16 heavy (non-hydrogen) atoms. The molecule has 0 bridgehead atoms. The van der Waals surface area contributed by atoms with E-state index in [0.29, 0.717) is 6.42 Å². The number of aromatic nitrogens is 1. The number of aryl methyl sites for hydroxylation is 1. The molecule has 2 heteroatoms. The number of ketones is 1. The lowest BCUT2D eigenvalue weighted by Gasteiger charge is -1.97. The van der Waals surface area contributed by atoms with Gasteiger partial charge in [-0.1, -0.05) is 37.6 Å². The van der Waals surface area contributed by atoms with E-state index in [1.807, 2.05) is 25.1 Å². The fourth-order valence-corrected chi connectivity index (χ4v) is 2.03. The van der Waals surface area contributed by atoms with Crippen LogP contribution in [-0.4, -0.2) is 10.8 Å². The van der Waals surface area contributed by atoms with Crippen molar-refractivity contribution in [1.82, 2.24) is 4.98 Å². The van der Waals surface area contributed by atoms with Crippen LogP contribution < -0.4 is 0 Å². The van der Waals surface area contributed by atoms with Crippen LogP contribution in [0.25, 0.3) is 10.8 Å². The smallest absolute Gasteiger partial charge is 0.179 e. The summed E-state index contributed by atoms with van der Waals surface area (Å²) < 4.78 is 0. The van der Waals surface area contributed by atoms with E-state index in [9.17, 15) is 4.79 Å². The van der Waals surface area contributed by atoms with Crippen LogP contribution in [0, 0.1) is 6.92 Å². The first-order chi connectivity index (χ1) is 7.74. The molecule has 0 radical (unpaired) electrons. The molecule has 0 amide bonds. The van der Waals surface area contributed by atoms with E-state index in [-0.39, 0.29) is 5.78 Å². The Kier molecular flexibility index (Phi) is 3.09. The highest BCUT2D eigenvalue weighted by Gasteiger charge is 2.13. The number of rotatable bonds is 4. The highest BCUT2D eigenvalue weighted by molar-refractivity contribution is 6.07. The van der Waals surface area contributed by atoms with Gasteiger partial charge in [-0.2, -0.15) is 0 Å². The van der Waals surface area contributed by atoms with Crippen molar-refractivity contribution in [1.29, 1.82) is 0 Å². The van der Waals surface area contributed by atoms with Crippen LogP contribution in [0.4, 0.5) is 0 Å². The molecule has 2 aromatic rings. The molecule has 0 spiro atoms. The van der Waals surface area contributed by atoms with Crippen LogP contribution in [0.1, 0.15) is 42.4 Å². The Labute approximate surface area is 95.7 Å². The van der Waals surface area contributed by atoms with Gasteiger partial charge in [0.2, 0.25) is 0 Å². The number of fused-ring (bicyclic) bond motifs is 1. The fourth-order valence-electron chi connectivity index (χ4n) is 2.03. The molecule has 1 aromatic carbocycles. The minimum Gasteiger partial charge on any atom is -0.355 e. The number of nitrogens with one attached hydrogen (secondary N) is 1. The van der Waals surface area contributed by atoms with Gasteiger partial charge in [0.1, 0.15) is 0 Å². The zero-order valence-electron chi connectivity index (χ0n) is 9.84. The number of carbonyl (C=O) groups is 1. The van der Waals surface area contributed by atoms with Gasteiger partial charge in [0.05, 0.1) is 5.69 Å². The van der Waals surface area contributed by atoms with Crippen LogP contribution in [0.15, 0.2) is 24.3 Å².